The standard InChI is InChI=1S/C21H28N2O6/c1-6-28-11-8-10-23(20(25)16-9-7-12-29-16)15(4)19(24)17-13(2)18(21(26)27-5)22-14(17)3/h7,9,12,15,22H,6,8,10-11H2,1-5H3/t15-/m1/s1. The Bertz CT molecular complexity index is 853. The van der Waals surface area contributed by atoms with Crippen LogP contribution in [0.15, 0.2) is 22.8 Å². The van der Waals surface area contributed by atoms with E-state index in [9.17, 15) is 14.4 Å². The Morgan fingerprint density at radius 1 is 1.28 bits per heavy atom. The molecule has 2 aromatic rings. The topological polar surface area (TPSA) is 102 Å². The fourth-order valence-electron chi connectivity index (χ4n) is 3.27. The molecular formula is C21H28N2O6. The van der Waals surface area contributed by atoms with Gasteiger partial charge in [0, 0.05) is 31.0 Å². The molecule has 0 aromatic carbocycles. The number of H-pyrrole nitrogens is 1. The second kappa shape index (κ2) is 10.1. The lowest BCUT2D eigenvalue weighted by molar-refractivity contribution is 0.0570. The summed E-state index contributed by atoms with van der Waals surface area (Å²) >= 11 is 0. The quantitative estimate of drug-likeness (QED) is 0.371. The van der Waals surface area contributed by atoms with Crippen molar-refractivity contribution < 1.29 is 28.3 Å². The lowest BCUT2D eigenvalue weighted by Gasteiger charge is -2.28. The number of methoxy groups -OCH3 is 1. The summed E-state index contributed by atoms with van der Waals surface area (Å²) in [5.74, 6) is -1.01. The minimum absolute atomic E-state index is 0.166. The van der Waals surface area contributed by atoms with Crippen LogP contribution in [0.25, 0.3) is 0 Å². The summed E-state index contributed by atoms with van der Waals surface area (Å²) in [6.45, 7) is 8.37. The van der Waals surface area contributed by atoms with Gasteiger partial charge in [-0.05, 0) is 51.8 Å². The molecule has 0 unspecified atom stereocenters. The molecule has 2 rings (SSSR count). The molecule has 1 amide bonds. The van der Waals surface area contributed by atoms with Gasteiger partial charge in [-0.2, -0.15) is 0 Å². The zero-order chi connectivity index (χ0) is 21.6. The van der Waals surface area contributed by atoms with Gasteiger partial charge in [-0.25, -0.2) is 4.79 Å². The van der Waals surface area contributed by atoms with Gasteiger partial charge < -0.3 is 23.8 Å². The number of nitrogens with one attached hydrogen (secondary N) is 1. The summed E-state index contributed by atoms with van der Waals surface area (Å²) in [6.07, 6.45) is 2.00. The minimum atomic E-state index is -0.757. The van der Waals surface area contributed by atoms with Gasteiger partial charge >= 0.3 is 5.97 Å². The number of hydrogen-bond donors (Lipinski definition) is 1. The highest BCUT2D eigenvalue weighted by Gasteiger charge is 2.32. The third-order valence-electron chi connectivity index (χ3n) is 4.81. The van der Waals surface area contributed by atoms with Crippen LogP contribution in [0.3, 0.4) is 0 Å². The highest BCUT2D eigenvalue weighted by Crippen LogP contribution is 2.23. The maximum atomic E-state index is 13.3. The van der Waals surface area contributed by atoms with Gasteiger partial charge in [0.05, 0.1) is 19.4 Å². The van der Waals surface area contributed by atoms with Gasteiger partial charge in [0.1, 0.15) is 5.69 Å². The van der Waals surface area contributed by atoms with Crippen molar-refractivity contribution in [1.29, 1.82) is 0 Å². The van der Waals surface area contributed by atoms with Crippen molar-refractivity contribution in [1.82, 2.24) is 9.88 Å². The van der Waals surface area contributed by atoms with Crippen LogP contribution in [-0.2, 0) is 9.47 Å². The van der Waals surface area contributed by atoms with Crippen LogP contribution in [0.2, 0.25) is 0 Å². The first-order valence-electron chi connectivity index (χ1n) is 9.57. The van der Waals surface area contributed by atoms with E-state index < -0.39 is 12.0 Å². The lowest BCUT2D eigenvalue weighted by Crippen LogP contribution is -2.44. The molecule has 0 aliphatic heterocycles. The van der Waals surface area contributed by atoms with Crippen LogP contribution >= 0.6 is 0 Å². The summed E-state index contributed by atoms with van der Waals surface area (Å²) in [7, 11) is 1.28. The molecule has 0 aliphatic rings. The van der Waals surface area contributed by atoms with Crippen molar-refractivity contribution in [2.24, 2.45) is 0 Å². The number of ether oxygens (including phenoxy) is 2. The number of nitrogens with zero attached hydrogens (tertiary/aromatic N) is 1. The average molecular weight is 404 g/mol. The van der Waals surface area contributed by atoms with Crippen LogP contribution in [0.4, 0.5) is 0 Å². The molecule has 8 nitrogen and oxygen atoms in total. The molecule has 0 radical (unpaired) electrons. The Morgan fingerprint density at radius 3 is 2.59 bits per heavy atom. The van der Waals surface area contributed by atoms with Gasteiger partial charge in [-0.3, -0.25) is 9.59 Å². The first-order valence-corrected chi connectivity index (χ1v) is 9.57. The maximum absolute atomic E-state index is 13.3. The molecule has 0 spiro atoms. The molecule has 0 aliphatic carbocycles. The van der Waals surface area contributed by atoms with E-state index in [4.69, 9.17) is 13.9 Å². The summed E-state index contributed by atoms with van der Waals surface area (Å²) in [4.78, 5) is 42.6. The molecule has 0 fully saturated rings. The van der Waals surface area contributed by atoms with E-state index in [0.717, 1.165) is 0 Å². The minimum Gasteiger partial charge on any atom is -0.464 e. The van der Waals surface area contributed by atoms with Crippen molar-refractivity contribution in [3.8, 4) is 0 Å². The molecule has 0 saturated heterocycles. The largest absolute Gasteiger partial charge is 0.464 e. The highest BCUT2D eigenvalue weighted by molar-refractivity contribution is 6.07. The average Bonchev–Trinajstić information content (AvgIpc) is 3.34. The molecule has 1 N–H and O–H groups in total. The van der Waals surface area contributed by atoms with Gasteiger partial charge in [-0.15, -0.1) is 0 Å². The number of Topliss-reactive ketones (excluding diaryl/α,β-unsaturated/α-hetero) is 1. The molecule has 8 heteroatoms. The number of ketones is 1. The van der Waals surface area contributed by atoms with Crippen molar-refractivity contribution in [3.63, 3.8) is 0 Å². The molecule has 29 heavy (non-hydrogen) atoms. The van der Waals surface area contributed by atoms with E-state index in [1.54, 1.807) is 32.9 Å². The molecular weight excluding hydrogens is 376 g/mol. The van der Waals surface area contributed by atoms with Crippen LogP contribution in [-0.4, -0.2) is 60.5 Å². The number of carbonyl (C=O) groups excluding carboxylic acids is 3. The molecule has 1 atom stereocenters. The first-order chi connectivity index (χ1) is 13.8. The van der Waals surface area contributed by atoms with Gasteiger partial charge in [0.15, 0.2) is 11.5 Å². The van der Waals surface area contributed by atoms with E-state index in [-0.39, 0.29) is 23.1 Å². The Morgan fingerprint density at radius 2 is 2.00 bits per heavy atom. The lowest BCUT2D eigenvalue weighted by atomic mass is 9.99. The van der Waals surface area contributed by atoms with Crippen LogP contribution < -0.4 is 0 Å². The maximum Gasteiger partial charge on any atom is 0.354 e. The second-order valence-corrected chi connectivity index (χ2v) is 6.68. The zero-order valence-corrected chi connectivity index (χ0v) is 17.5. The van der Waals surface area contributed by atoms with Crippen molar-refractivity contribution in [2.45, 2.75) is 40.2 Å². The number of carbonyl (C=O) groups is 3. The number of aromatic nitrogens is 1. The number of aryl methyl sites for hydroxylation is 1. The smallest absolute Gasteiger partial charge is 0.354 e. The zero-order valence-electron chi connectivity index (χ0n) is 17.5. The molecule has 0 bridgehead atoms. The van der Waals surface area contributed by atoms with E-state index >= 15 is 0 Å². The molecule has 2 aromatic heterocycles. The number of esters is 1. The monoisotopic (exact) mass is 404 g/mol. The van der Waals surface area contributed by atoms with E-state index in [2.05, 4.69) is 4.98 Å². The SMILES string of the molecule is CCOCCCN(C(=O)c1ccco1)[C@H](C)C(=O)c1c(C)[nH]c(C(=O)OC)c1C. The molecule has 2 heterocycles. The first kappa shape index (κ1) is 22.4. The molecule has 158 valence electrons. The van der Waals surface area contributed by atoms with Crippen LogP contribution in [0.5, 0.6) is 0 Å². The van der Waals surface area contributed by atoms with E-state index in [1.165, 1.54) is 18.3 Å². The third kappa shape index (κ3) is 4.95. The third-order valence-corrected chi connectivity index (χ3v) is 4.81. The van der Waals surface area contributed by atoms with E-state index in [1.807, 2.05) is 6.92 Å². The summed E-state index contributed by atoms with van der Waals surface area (Å²) < 4.78 is 15.4. The number of aromatic amines is 1. The summed E-state index contributed by atoms with van der Waals surface area (Å²) in [6, 6.07) is 2.44. The summed E-state index contributed by atoms with van der Waals surface area (Å²) in [5, 5.41) is 0. The predicted molar refractivity (Wildman–Crippen MR) is 106 cm³/mol. The highest BCUT2D eigenvalue weighted by atomic mass is 16.5. The summed E-state index contributed by atoms with van der Waals surface area (Å²) in [5.41, 5.74) is 1.69. The number of hydrogen-bond acceptors (Lipinski definition) is 6. The molecule has 0 saturated carbocycles. The van der Waals surface area contributed by atoms with Gasteiger partial charge in [0.2, 0.25) is 0 Å². The van der Waals surface area contributed by atoms with Crippen molar-refractivity contribution in [2.75, 3.05) is 26.9 Å². The van der Waals surface area contributed by atoms with E-state index in [0.29, 0.717) is 43.0 Å². The number of rotatable bonds is 10. The Balaban J connectivity index is 2.31. The van der Waals surface area contributed by atoms with Gasteiger partial charge in [-0.1, -0.05) is 0 Å². The Hall–Kier alpha value is -2.87. The number of furan rings is 1. The van der Waals surface area contributed by atoms with Crippen molar-refractivity contribution in [3.05, 3.63) is 46.7 Å². The second-order valence-electron chi connectivity index (χ2n) is 6.68. The Labute approximate surface area is 170 Å². The van der Waals surface area contributed by atoms with Crippen LogP contribution in [0.1, 0.15) is 62.9 Å². The Kier molecular flexibility index (Phi) is 7.78. The van der Waals surface area contributed by atoms with Crippen LogP contribution in [0, 0.1) is 13.8 Å². The normalized spacial score (nSPS) is 11.9. The fraction of sp³-hybridized carbons (Fsp3) is 0.476. The fourth-order valence-corrected chi connectivity index (χ4v) is 3.27. The predicted octanol–water partition coefficient (Wildman–Crippen LogP) is 3.15. The number of amides is 1. The van der Waals surface area contributed by atoms with Crippen molar-refractivity contribution >= 4 is 17.7 Å². The van der Waals surface area contributed by atoms with Gasteiger partial charge in [0.25, 0.3) is 5.91 Å².